The predicted octanol–water partition coefficient (Wildman–Crippen LogP) is 4.34. The average molecular weight is 437 g/mol. The Morgan fingerprint density at radius 2 is 1.79 bits per heavy atom. The van der Waals surface area contributed by atoms with Crippen molar-refractivity contribution in [1.29, 1.82) is 0 Å². The molecule has 29 heavy (non-hydrogen) atoms. The summed E-state index contributed by atoms with van der Waals surface area (Å²) in [5, 5.41) is 25.5. The molecule has 1 atom stereocenters. The Hall–Kier alpha value is -2.05. The zero-order chi connectivity index (χ0) is 20.3. The molecule has 0 fully saturated rings. The number of nitrogens with one attached hydrogen (secondary N) is 2. The van der Waals surface area contributed by atoms with Crippen LogP contribution >= 0.6 is 24.0 Å². The number of aromatic nitrogens is 1. The van der Waals surface area contributed by atoms with Gasteiger partial charge in [0.2, 0.25) is 5.56 Å². The number of H-pyrrole nitrogens is 1. The van der Waals surface area contributed by atoms with Crippen LogP contribution in [0.25, 0.3) is 10.9 Å². The standard InChI is InChI=1S/C22H25ClN2O3.ClH/c1-22(2,12-11-14-3-5-15(23)6-4-14)24-13-19(27)16-7-9-18(26)21-17(16)8-10-20(28)25-21;/h3-10,19,24,26-27H,11-13H2,1-2H3,(H,25,28);1H/t19-;/m0./s1. The molecular weight excluding hydrogens is 411 g/mol. The molecule has 4 N–H and O–H groups in total. The number of benzene rings is 2. The smallest absolute Gasteiger partial charge is 0.248 e. The van der Waals surface area contributed by atoms with Crippen LogP contribution in [-0.2, 0) is 6.42 Å². The molecule has 1 aromatic heterocycles. The number of hydrogen-bond acceptors (Lipinski definition) is 4. The van der Waals surface area contributed by atoms with Gasteiger partial charge in [-0.15, -0.1) is 12.4 Å². The third-order valence-corrected chi connectivity index (χ3v) is 5.24. The Morgan fingerprint density at radius 1 is 1.10 bits per heavy atom. The molecule has 0 saturated heterocycles. The lowest BCUT2D eigenvalue weighted by molar-refractivity contribution is 0.160. The van der Waals surface area contributed by atoms with Gasteiger partial charge in [0.25, 0.3) is 0 Å². The number of aromatic amines is 1. The highest BCUT2D eigenvalue weighted by Gasteiger charge is 2.20. The monoisotopic (exact) mass is 436 g/mol. The molecule has 5 nitrogen and oxygen atoms in total. The molecule has 0 spiro atoms. The third kappa shape index (κ3) is 5.97. The maximum absolute atomic E-state index is 11.5. The Morgan fingerprint density at radius 3 is 2.48 bits per heavy atom. The van der Waals surface area contributed by atoms with Crippen LogP contribution in [0.15, 0.2) is 53.3 Å². The lowest BCUT2D eigenvalue weighted by atomic mass is 9.94. The molecule has 1 heterocycles. The number of aromatic hydroxyl groups is 1. The van der Waals surface area contributed by atoms with Crippen molar-refractivity contribution in [3.63, 3.8) is 0 Å². The number of aliphatic hydroxyl groups excluding tert-OH is 1. The summed E-state index contributed by atoms with van der Waals surface area (Å²) >= 11 is 5.93. The summed E-state index contributed by atoms with van der Waals surface area (Å²) in [4.78, 5) is 14.2. The summed E-state index contributed by atoms with van der Waals surface area (Å²) in [5.74, 6) is -0.0140. The van der Waals surface area contributed by atoms with Gasteiger partial charge in [-0.3, -0.25) is 4.79 Å². The molecule has 0 unspecified atom stereocenters. The number of hydrogen-bond donors (Lipinski definition) is 4. The van der Waals surface area contributed by atoms with E-state index in [2.05, 4.69) is 24.1 Å². The van der Waals surface area contributed by atoms with Crippen LogP contribution in [0.2, 0.25) is 5.02 Å². The fraction of sp³-hybridized carbons (Fsp3) is 0.318. The highest BCUT2D eigenvalue weighted by atomic mass is 35.5. The van der Waals surface area contributed by atoms with Gasteiger partial charge in [-0.2, -0.15) is 0 Å². The molecule has 3 rings (SSSR count). The van der Waals surface area contributed by atoms with Gasteiger partial charge in [-0.1, -0.05) is 29.8 Å². The first-order valence-electron chi connectivity index (χ1n) is 9.28. The van der Waals surface area contributed by atoms with E-state index in [0.717, 1.165) is 17.9 Å². The molecule has 3 aromatic rings. The maximum atomic E-state index is 11.5. The molecule has 156 valence electrons. The molecular formula is C22H26Cl2N2O3. The van der Waals surface area contributed by atoms with Crippen LogP contribution in [0, 0.1) is 0 Å². The lowest BCUT2D eigenvalue weighted by Crippen LogP contribution is -2.42. The van der Waals surface area contributed by atoms with Crippen LogP contribution in [0.5, 0.6) is 5.75 Å². The average Bonchev–Trinajstić information content (AvgIpc) is 2.66. The van der Waals surface area contributed by atoms with Crippen molar-refractivity contribution in [3.05, 3.63) is 75.0 Å². The van der Waals surface area contributed by atoms with Gasteiger partial charge in [-0.05, 0) is 62.1 Å². The van der Waals surface area contributed by atoms with Crippen molar-refractivity contribution in [3.8, 4) is 5.75 Å². The Labute approximate surface area is 181 Å². The Kier molecular flexibility index (Phi) is 7.72. The largest absolute Gasteiger partial charge is 0.506 e. The summed E-state index contributed by atoms with van der Waals surface area (Å²) in [6.45, 7) is 4.55. The van der Waals surface area contributed by atoms with Gasteiger partial charge < -0.3 is 20.5 Å². The number of fused-ring (bicyclic) bond motifs is 1. The van der Waals surface area contributed by atoms with E-state index < -0.39 is 6.10 Å². The second-order valence-corrected chi connectivity index (χ2v) is 8.13. The van der Waals surface area contributed by atoms with E-state index in [1.165, 1.54) is 17.7 Å². The van der Waals surface area contributed by atoms with Crippen LogP contribution in [0.4, 0.5) is 0 Å². The molecule has 7 heteroatoms. The van der Waals surface area contributed by atoms with E-state index in [1.807, 2.05) is 24.3 Å². The molecule has 2 aromatic carbocycles. The van der Waals surface area contributed by atoms with E-state index in [0.29, 0.717) is 23.0 Å². The highest BCUT2D eigenvalue weighted by molar-refractivity contribution is 6.30. The Balaban J connectivity index is 0.00000300. The zero-order valence-electron chi connectivity index (χ0n) is 16.4. The first kappa shape index (κ1) is 23.2. The molecule has 0 amide bonds. The van der Waals surface area contributed by atoms with Crippen LogP contribution in [0.1, 0.15) is 37.5 Å². The molecule has 0 aliphatic heterocycles. The number of β-amino-alcohol motifs (C(OH)–C–C–N with tert-alkyl or cyclic N) is 1. The van der Waals surface area contributed by atoms with Gasteiger partial charge in [0.1, 0.15) is 5.75 Å². The zero-order valence-corrected chi connectivity index (χ0v) is 18.0. The van der Waals surface area contributed by atoms with E-state index in [1.54, 1.807) is 12.1 Å². The van der Waals surface area contributed by atoms with E-state index >= 15 is 0 Å². The van der Waals surface area contributed by atoms with Gasteiger partial charge in [0, 0.05) is 28.6 Å². The van der Waals surface area contributed by atoms with E-state index in [-0.39, 0.29) is 29.3 Å². The van der Waals surface area contributed by atoms with Gasteiger partial charge in [-0.25, -0.2) is 0 Å². The Bertz CT molecular complexity index is 1020. The second kappa shape index (κ2) is 9.63. The van der Waals surface area contributed by atoms with E-state index in [9.17, 15) is 15.0 Å². The van der Waals surface area contributed by atoms with E-state index in [4.69, 9.17) is 11.6 Å². The number of aryl methyl sites for hydroxylation is 1. The van der Waals surface area contributed by atoms with Gasteiger partial charge in [0.15, 0.2) is 0 Å². The first-order valence-corrected chi connectivity index (χ1v) is 9.65. The third-order valence-electron chi connectivity index (χ3n) is 4.99. The molecule has 0 aliphatic rings. The topological polar surface area (TPSA) is 85.3 Å². The molecule has 0 radical (unpaired) electrons. The minimum Gasteiger partial charge on any atom is -0.506 e. The fourth-order valence-electron chi connectivity index (χ4n) is 3.23. The van der Waals surface area contributed by atoms with Crippen molar-refractivity contribution in [2.24, 2.45) is 0 Å². The van der Waals surface area contributed by atoms with Crippen LogP contribution < -0.4 is 10.9 Å². The van der Waals surface area contributed by atoms with Crippen molar-refractivity contribution < 1.29 is 10.2 Å². The summed E-state index contributed by atoms with van der Waals surface area (Å²) in [6, 6.07) is 14.0. The summed E-state index contributed by atoms with van der Waals surface area (Å²) in [6.07, 6.45) is 1.02. The number of halogens is 2. The maximum Gasteiger partial charge on any atom is 0.248 e. The minimum atomic E-state index is -0.774. The van der Waals surface area contributed by atoms with Crippen LogP contribution in [-0.4, -0.2) is 27.3 Å². The number of pyridine rings is 1. The summed E-state index contributed by atoms with van der Waals surface area (Å²) in [5.41, 5.74) is 1.74. The minimum absolute atomic E-state index is 0. The summed E-state index contributed by atoms with van der Waals surface area (Å²) < 4.78 is 0. The van der Waals surface area contributed by atoms with Crippen molar-refractivity contribution in [2.45, 2.75) is 38.3 Å². The highest BCUT2D eigenvalue weighted by Crippen LogP contribution is 2.29. The number of phenols is 1. The normalized spacial score (nSPS) is 12.6. The molecule has 0 saturated carbocycles. The number of aliphatic hydroxyl groups is 1. The fourth-order valence-corrected chi connectivity index (χ4v) is 3.35. The summed E-state index contributed by atoms with van der Waals surface area (Å²) in [7, 11) is 0. The van der Waals surface area contributed by atoms with Crippen LogP contribution in [0.3, 0.4) is 0 Å². The van der Waals surface area contributed by atoms with Gasteiger partial charge >= 0.3 is 0 Å². The second-order valence-electron chi connectivity index (χ2n) is 7.69. The number of rotatable bonds is 7. The van der Waals surface area contributed by atoms with Crippen molar-refractivity contribution >= 4 is 34.9 Å². The van der Waals surface area contributed by atoms with Crippen molar-refractivity contribution in [2.75, 3.05) is 6.54 Å². The first-order chi connectivity index (χ1) is 13.2. The van der Waals surface area contributed by atoms with Gasteiger partial charge in [0.05, 0.1) is 11.6 Å². The quantitative estimate of drug-likeness (QED) is 0.443. The SMILES string of the molecule is CC(C)(CCc1ccc(Cl)cc1)NC[C@H](O)c1ccc(O)c2[nH]c(=O)ccc12.Cl. The van der Waals surface area contributed by atoms with Crippen molar-refractivity contribution in [1.82, 2.24) is 10.3 Å². The molecule has 0 bridgehead atoms. The number of phenolic OH excluding ortho intramolecular Hbond substituents is 1. The predicted molar refractivity (Wildman–Crippen MR) is 120 cm³/mol. The molecule has 0 aliphatic carbocycles. The lowest BCUT2D eigenvalue weighted by Gasteiger charge is -2.28.